The molecule has 2 nitrogen and oxygen atoms in total. The van der Waals surface area contributed by atoms with Crippen LogP contribution in [0.1, 0.15) is 11.3 Å². The van der Waals surface area contributed by atoms with Crippen LogP contribution in [0.2, 0.25) is 0 Å². The minimum absolute atomic E-state index is 0.165. The van der Waals surface area contributed by atoms with Crippen molar-refractivity contribution in [1.29, 1.82) is 0 Å². The first-order valence-electron chi connectivity index (χ1n) is 4.51. The van der Waals surface area contributed by atoms with E-state index in [0.29, 0.717) is 15.7 Å². The molecule has 0 radical (unpaired) electrons. The van der Waals surface area contributed by atoms with Gasteiger partial charge in [0.2, 0.25) is 0 Å². The van der Waals surface area contributed by atoms with E-state index in [2.05, 4.69) is 21.0 Å². The number of nitrogens with zero attached hydrogens (tertiary/aromatic N) is 2. The van der Waals surface area contributed by atoms with E-state index in [1.54, 1.807) is 20.0 Å². The molecule has 2 aromatic rings. The maximum Gasteiger partial charge on any atom is 0.417 e. The first kappa shape index (κ1) is 11.4. The lowest BCUT2D eigenvalue weighted by atomic mass is 10.1. The first-order chi connectivity index (χ1) is 7.30. The fraction of sp³-hybridized carbons (Fsp3) is 0.300. The Labute approximate surface area is 98.2 Å². The number of rotatable bonds is 0. The molecule has 2 rings (SSSR count). The molecule has 0 saturated heterocycles. The highest BCUT2D eigenvalue weighted by Crippen LogP contribution is 2.38. The molecular weight excluding hydrogens is 285 g/mol. The summed E-state index contributed by atoms with van der Waals surface area (Å²) < 4.78 is 40.3. The molecule has 0 unspecified atom stereocenters. The van der Waals surface area contributed by atoms with Crippen molar-refractivity contribution >= 4 is 26.8 Å². The zero-order valence-electron chi connectivity index (χ0n) is 8.56. The van der Waals surface area contributed by atoms with Crippen molar-refractivity contribution in [1.82, 2.24) is 9.78 Å². The monoisotopic (exact) mass is 292 g/mol. The van der Waals surface area contributed by atoms with Crippen LogP contribution >= 0.6 is 15.9 Å². The lowest BCUT2D eigenvalue weighted by Gasteiger charge is -2.09. The Morgan fingerprint density at radius 2 is 1.94 bits per heavy atom. The number of halogens is 4. The number of benzene rings is 1. The molecule has 16 heavy (non-hydrogen) atoms. The van der Waals surface area contributed by atoms with Gasteiger partial charge in [0, 0.05) is 16.9 Å². The molecular formula is C10H8BrF3N2. The molecule has 0 aliphatic carbocycles. The summed E-state index contributed by atoms with van der Waals surface area (Å²) in [7, 11) is 1.63. The SMILES string of the molecule is Cc1nn(C)c2cc(Br)cc(C(F)(F)F)c12. The van der Waals surface area contributed by atoms with Crippen molar-refractivity contribution in [3.8, 4) is 0 Å². The number of fused-ring (bicyclic) bond motifs is 1. The van der Waals surface area contributed by atoms with Crippen LogP contribution in [-0.4, -0.2) is 9.78 Å². The summed E-state index contributed by atoms with van der Waals surface area (Å²) in [6, 6.07) is 2.71. The molecule has 0 bridgehead atoms. The Morgan fingerprint density at radius 1 is 1.31 bits per heavy atom. The predicted octanol–water partition coefficient (Wildman–Crippen LogP) is 3.66. The van der Waals surface area contributed by atoms with Crippen LogP contribution in [0.25, 0.3) is 10.9 Å². The number of hydrogen-bond acceptors (Lipinski definition) is 1. The summed E-state index contributed by atoms with van der Waals surface area (Å²) in [6.07, 6.45) is -4.37. The molecule has 0 N–H and O–H groups in total. The van der Waals surface area contributed by atoms with Crippen LogP contribution in [0.5, 0.6) is 0 Å². The highest BCUT2D eigenvalue weighted by Gasteiger charge is 2.34. The second kappa shape index (κ2) is 3.48. The topological polar surface area (TPSA) is 17.8 Å². The van der Waals surface area contributed by atoms with E-state index >= 15 is 0 Å². The smallest absolute Gasteiger partial charge is 0.268 e. The molecule has 0 aliphatic heterocycles. The summed E-state index contributed by atoms with van der Waals surface area (Å²) in [4.78, 5) is 0. The van der Waals surface area contributed by atoms with Gasteiger partial charge in [-0.2, -0.15) is 18.3 Å². The first-order valence-corrected chi connectivity index (χ1v) is 5.30. The van der Waals surface area contributed by atoms with Gasteiger partial charge in [-0.05, 0) is 19.1 Å². The van der Waals surface area contributed by atoms with Crippen molar-refractivity contribution in [2.45, 2.75) is 13.1 Å². The molecule has 1 aromatic carbocycles. The summed E-state index contributed by atoms with van der Waals surface area (Å²) >= 11 is 3.08. The van der Waals surface area contributed by atoms with E-state index in [1.165, 1.54) is 4.68 Å². The molecule has 1 heterocycles. The third-order valence-corrected chi connectivity index (χ3v) is 2.86. The van der Waals surface area contributed by atoms with Crippen molar-refractivity contribution < 1.29 is 13.2 Å². The standard InChI is InChI=1S/C10H8BrF3N2/c1-5-9-7(10(12,13)14)3-6(11)4-8(9)16(2)15-5/h3-4H,1-2H3. The number of aryl methyl sites for hydroxylation is 2. The van der Waals surface area contributed by atoms with Gasteiger partial charge in [-0.1, -0.05) is 15.9 Å². The lowest BCUT2D eigenvalue weighted by Crippen LogP contribution is -2.06. The van der Waals surface area contributed by atoms with Gasteiger partial charge in [-0.25, -0.2) is 0 Å². The Hall–Kier alpha value is -1.04. The third-order valence-electron chi connectivity index (χ3n) is 2.40. The van der Waals surface area contributed by atoms with Gasteiger partial charge in [0.25, 0.3) is 0 Å². The van der Waals surface area contributed by atoms with Crippen molar-refractivity contribution in [3.05, 3.63) is 27.9 Å². The summed E-state index contributed by atoms with van der Waals surface area (Å²) in [6.45, 7) is 1.57. The van der Waals surface area contributed by atoms with Crippen molar-refractivity contribution in [3.63, 3.8) is 0 Å². The fourth-order valence-electron chi connectivity index (χ4n) is 1.78. The molecule has 86 valence electrons. The van der Waals surface area contributed by atoms with E-state index in [-0.39, 0.29) is 5.39 Å². The number of hydrogen-bond donors (Lipinski definition) is 0. The van der Waals surface area contributed by atoms with Gasteiger partial charge in [0.05, 0.1) is 16.8 Å². The summed E-state index contributed by atoms with van der Waals surface area (Å²) in [5.41, 5.74) is 0.207. The zero-order valence-corrected chi connectivity index (χ0v) is 10.1. The lowest BCUT2D eigenvalue weighted by molar-refractivity contribution is -0.136. The minimum Gasteiger partial charge on any atom is -0.268 e. The maximum absolute atomic E-state index is 12.8. The normalized spacial score (nSPS) is 12.4. The third kappa shape index (κ3) is 1.71. The van der Waals surface area contributed by atoms with Crippen LogP contribution < -0.4 is 0 Å². The summed E-state index contributed by atoms with van der Waals surface area (Å²) in [5, 5.41) is 4.17. The van der Waals surface area contributed by atoms with E-state index < -0.39 is 11.7 Å². The number of alkyl halides is 3. The molecule has 0 aliphatic rings. The van der Waals surface area contributed by atoms with Gasteiger partial charge in [0.15, 0.2) is 0 Å². The van der Waals surface area contributed by atoms with E-state index in [1.807, 2.05) is 0 Å². The highest BCUT2D eigenvalue weighted by molar-refractivity contribution is 9.10. The van der Waals surface area contributed by atoms with Gasteiger partial charge in [-0.15, -0.1) is 0 Å². The molecule has 0 amide bonds. The highest BCUT2D eigenvalue weighted by atomic mass is 79.9. The average Bonchev–Trinajstić information content (AvgIpc) is 2.40. The molecule has 0 fully saturated rings. The molecule has 6 heteroatoms. The van der Waals surface area contributed by atoms with Crippen LogP contribution in [0.4, 0.5) is 13.2 Å². The fourth-order valence-corrected chi connectivity index (χ4v) is 2.23. The average molecular weight is 293 g/mol. The number of aromatic nitrogens is 2. The minimum atomic E-state index is -4.37. The van der Waals surface area contributed by atoms with Gasteiger partial charge >= 0.3 is 6.18 Å². The Kier molecular flexibility index (Phi) is 2.49. The van der Waals surface area contributed by atoms with Gasteiger partial charge < -0.3 is 0 Å². The van der Waals surface area contributed by atoms with Crippen molar-refractivity contribution in [2.24, 2.45) is 7.05 Å². The maximum atomic E-state index is 12.8. The van der Waals surface area contributed by atoms with Gasteiger partial charge in [-0.3, -0.25) is 4.68 Å². The molecule has 0 atom stereocenters. The second-order valence-electron chi connectivity index (χ2n) is 3.55. The molecule has 0 saturated carbocycles. The van der Waals surface area contributed by atoms with E-state index in [4.69, 9.17) is 0 Å². The van der Waals surface area contributed by atoms with Crippen LogP contribution in [-0.2, 0) is 13.2 Å². The quantitative estimate of drug-likeness (QED) is 0.724. The Morgan fingerprint density at radius 3 is 2.50 bits per heavy atom. The van der Waals surface area contributed by atoms with Gasteiger partial charge in [0.1, 0.15) is 0 Å². The van der Waals surface area contributed by atoms with Crippen LogP contribution in [0, 0.1) is 6.92 Å². The zero-order chi connectivity index (χ0) is 12.1. The second-order valence-corrected chi connectivity index (χ2v) is 4.47. The van der Waals surface area contributed by atoms with Crippen LogP contribution in [0.3, 0.4) is 0 Å². The summed E-state index contributed by atoms with van der Waals surface area (Å²) in [5.74, 6) is 0. The predicted molar refractivity (Wildman–Crippen MR) is 58.2 cm³/mol. The van der Waals surface area contributed by atoms with E-state index in [0.717, 1.165) is 6.07 Å². The van der Waals surface area contributed by atoms with Crippen LogP contribution in [0.15, 0.2) is 16.6 Å². The Bertz CT molecular complexity index is 557. The van der Waals surface area contributed by atoms with Crippen molar-refractivity contribution in [2.75, 3.05) is 0 Å². The Balaban J connectivity index is 2.92. The van der Waals surface area contributed by atoms with E-state index in [9.17, 15) is 13.2 Å². The molecule has 0 spiro atoms. The molecule has 1 aromatic heterocycles. The largest absolute Gasteiger partial charge is 0.417 e.